The molecule has 0 unspecified atom stereocenters. The van der Waals surface area contributed by atoms with Gasteiger partial charge in [-0.3, -0.25) is 16.1 Å². The summed E-state index contributed by atoms with van der Waals surface area (Å²) in [6.45, 7) is 6.86. The van der Waals surface area contributed by atoms with E-state index in [1.54, 1.807) is 12.1 Å². The third kappa shape index (κ3) is 5.93. The molecule has 0 atom stereocenters. The number of anilines is 1. The number of benzene rings is 2. The molecule has 0 saturated heterocycles. The van der Waals surface area contributed by atoms with Gasteiger partial charge in [0.2, 0.25) is 0 Å². The fraction of sp³-hybridized carbons (Fsp3) is 0.263. The van der Waals surface area contributed by atoms with Crippen molar-refractivity contribution in [3.63, 3.8) is 0 Å². The van der Waals surface area contributed by atoms with E-state index in [0.29, 0.717) is 16.6 Å². The van der Waals surface area contributed by atoms with Crippen molar-refractivity contribution in [2.75, 3.05) is 5.32 Å². The molecule has 2 rings (SSSR count). The normalized spacial score (nSPS) is 11.0. The fourth-order valence-corrected chi connectivity index (χ4v) is 2.56. The van der Waals surface area contributed by atoms with Gasteiger partial charge in [0.25, 0.3) is 0 Å². The Morgan fingerprint density at radius 1 is 0.923 bits per heavy atom. The topological polar surface area (TPSA) is 83.8 Å². The van der Waals surface area contributed by atoms with Crippen LogP contribution in [0.2, 0.25) is 10.0 Å². The zero-order valence-electron chi connectivity index (χ0n) is 15.0. The smallest absolute Gasteiger partial charge is 0.199 e. The van der Waals surface area contributed by atoms with E-state index < -0.39 is 0 Å². The maximum atomic E-state index is 7.94. The highest BCUT2D eigenvalue weighted by Crippen LogP contribution is 2.23. The standard InChI is InChI=1S/C19H23Cl2N5/c1-19(2,3)13-5-7-14(8-6-13)25-18(23)26-17(22)24-11-12-4-9-15(20)16(21)10-12/h4-10H,11H2,1-3H3,(H5,22,23,24,25,26). The lowest BCUT2D eigenvalue weighted by atomic mass is 9.87. The van der Waals surface area contributed by atoms with Gasteiger partial charge in [0, 0.05) is 12.2 Å². The number of guanidine groups is 2. The quantitative estimate of drug-likeness (QED) is 0.379. The summed E-state index contributed by atoms with van der Waals surface area (Å²) < 4.78 is 0. The van der Waals surface area contributed by atoms with Crippen LogP contribution in [0.1, 0.15) is 31.9 Å². The minimum Gasteiger partial charge on any atom is -0.352 e. The lowest BCUT2D eigenvalue weighted by Gasteiger charge is -2.19. The van der Waals surface area contributed by atoms with Gasteiger partial charge in [0.1, 0.15) is 0 Å². The van der Waals surface area contributed by atoms with Crippen LogP contribution in [0.3, 0.4) is 0 Å². The van der Waals surface area contributed by atoms with E-state index in [9.17, 15) is 0 Å². The molecule has 0 radical (unpaired) electrons. The molecule has 0 aliphatic rings. The molecule has 0 aliphatic heterocycles. The van der Waals surface area contributed by atoms with Crippen LogP contribution in [-0.2, 0) is 12.0 Å². The largest absolute Gasteiger partial charge is 0.352 e. The van der Waals surface area contributed by atoms with E-state index in [4.69, 9.17) is 34.0 Å². The van der Waals surface area contributed by atoms with E-state index in [-0.39, 0.29) is 17.3 Å². The Morgan fingerprint density at radius 3 is 2.15 bits per heavy atom. The van der Waals surface area contributed by atoms with Crippen molar-refractivity contribution < 1.29 is 0 Å². The van der Waals surface area contributed by atoms with Crippen molar-refractivity contribution in [2.24, 2.45) is 0 Å². The van der Waals surface area contributed by atoms with Gasteiger partial charge in [0.15, 0.2) is 11.9 Å². The van der Waals surface area contributed by atoms with Gasteiger partial charge in [0.05, 0.1) is 10.0 Å². The van der Waals surface area contributed by atoms with Crippen LogP contribution in [-0.4, -0.2) is 11.9 Å². The van der Waals surface area contributed by atoms with Crippen molar-refractivity contribution in [3.8, 4) is 0 Å². The molecular weight excluding hydrogens is 369 g/mol. The highest BCUT2D eigenvalue weighted by Gasteiger charge is 2.13. The molecule has 2 aromatic rings. The van der Waals surface area contributed by atoms with Crippen molar-refractivity contribution in [1.82, 2.24) is 10.6 Å². The molecule has 0 spiro atoms. The van der Waals surface area contributed by atoms with Crippen LogP contribution < -0.4 is 16.0 Å². The third-order valence-electron chi connectivity index (χ3n) is 3.72. The molecule has 0 aromatic heterocycles. The van der Waals surface area contributed by atoms with Gasteiger partial charge in [-0.2, -0.15) is 0 Å². The van der Waals surface area contributed by atoms with Gasteiger partial charge >= 0.3 is 0 Å². The average Bonchev–Trinajstić information content (AvgIpc) is 2.55. The van der Waals surface area contributed by atoms with Crippen molar-refractivity contribution in [2.45, 2.75) is 32.7 Å². The van der Waals surface area contributed by atoms with E-state index in [2.05, 4.69) is 36.7 Å². The minimum atomic E-state index is 0.0138. The molecule has 138 valence electrons. The van der Waals surface area contributed by atoms with Crippen LogP contribution in [0.4, 0.5) is 5.69 Å². The maximum Gasteiger partial charge on any atom is 0.199 e. The minimum absolute atomic E-state index is 0.0138. The SMILES string of the molecule is CC(C)(C)c1ccc(NC(=N)NC(=N)NCc2ccc(Cl)c(Cl)c2)cc1. The fourth-order valence-electron chi connectivity index (χ4n) is 2.24. The summed E-state index contributed by atoms with van der Waals surface area (Å²) in [7, 11) is 0. The highest BCUT2D eigenvalue weighted by atomic mass is 35.5. The Bertz CT molecular complexity index is 795. The van der Waals surface area contributed by atoms with Crippen LogP contribution in [0.25, 0.3) is 0 Å². The van der Waals surface area contributed by atoms with E-state index >= 15 is 0 Å². The van der Waals surface area contributed by atoms with Gasteiger partial charge in [-0.15, -0.1) is 0 Å². The number of nitrogens with one attached hydrogen (secondary N) is 5. The molecule has 0 saturated carbocycles. The molecular formula is C19H23Cl2N5. The molecule has 26 heavy (non-hydrogen) atoms. The van der Waals surface area contributed by atoms with Crippen molar-refractivity contribution in [3.05, 3.63) is 63.6 Å². The molecule has 0 bridgehead atoms. The summed E-state index contributed by atoms with van der Waals surface area (Å²) in [4.78, 5) is 0. The lowest BCUT2D eigenvalue weighted by molar-refractivity contribution is 0.590. The molecule has 7 heteroatoms. The molecule has 0 heterocycles. The van der Waals surface area contributed by atoms with E-state index in [1.165, 1.54) is 5.56 Å². The summed E-state index contributed by atoms with van der Waals surface area (Å²) in [5, 5.41) is 25.2. The first kappa shape index (κ1) is 20.1. The van der Waals surface area contributed by atoms with Crippen molar-refractivity contribution >= 4 is 40.8 Å². The number of halogens is 2. The van der Waals surface area contributed by atoms with E-state index in [0.717, 1.165) is 11.3 Å². The average molecular weight is 392 g/mol. The maximum absolute atomic E-state index is 7.94. The first-order valence-electron chi connectivity index (χ1n) is 8.14. The highest BCUT2D eigenvalue weighted by molar-refractivity contribution is 6.42. The molecule has 0 fully saturated rings. The predicted octanol–water partition coefficient (Wildman–Crippen LogP) is 4.95. The Hall–Kier alpha value is -2.24. The van der Waals surface area contributed by atoms with Crippen LogP contribution >= 0.6 is 23.2 Å². The van der Waals surface area contributed by atoms with Crippen molar-refractivity contribution in [1.29, 1.82) is 10.8 Å². The lowest BCUT2D eigenvalue weighted by Crippen LogP contribution is -2.42. The molecule has 0 aliphatic carbocycles. The summed E-state index contributed by atoms with van der Waals surface area (Å²) >= 11 is 11.9. The second kappa shape index (κ2) is 8.43. The number of hydrogen-bond donors (Lipinski definition) is 5. The number of hydrogen-bond acceptors (Lipinski definition) is 2. The second-order valence-corrected chi connectivity index (χ2v) is 7.74. The summed E-state index contributed by atoms with van der Waals surface area (Å²) in [6, 6.07) is 13.2. The first-order valence-corrected chi connectivity index (χ1v) is 8.90. The van der Waals surface area contributed by atoms with E-state index in [1.807, 2.05) is 30.3 Å². The van der Waals surface area contributed by atoms with Crippen LogP contribution in [0.5, 0.6) is 0 Å². The molecule has 0 amide bonds. The first-order chi connectivity index (χ1) is 12.1. The van der Waals surface area contributed by atoms with Crippen LogP contribution in [0.15, 0.2) is 42.5 Å². The third-order valence-corrected chi connectivity index (χ3v) is 4.46. The Balaban J connectivity index is 1.83. The molecule has 5 nitrogen and oxygen atoms in total. The van der Waals surface area contributed by atoms with Gasteiger partial charge < -0.3 is 10.6 Å². The van der Waals surface area contributed by atoms with Gasteiger partial charge in [-0.05, 0) is 40.8 Å². The number of rotatable bonds is 3. The Morgan fingerprint density at radius 2 is 1.58 bits per heavy atom. The van der Waals surface area contributed by atoms with Gasteiger partial charge in [-0.25, -0.2) is 0 Å². The zero-order chi connectivity index (χ0) is 19.3. The summed E-state index contributed by atoms with van der Waals surface area (Å²) in [5.41, 5.74) is 2.98. The molecule has 5 N–H and O–H groups in total. The van der Waals surface area contributed by atoms with Crippen LogP contribution in [0, 0.1) is 10.8 Å². The Labute approximate surface area is 164 Å². The zero-order valence-corrected chi connectivity index (χ0v) is 16.5. The van der Waals surface area contributed by atoms with Gasteiger partial charge in [-0.1, -0.05) is 62.2 Å². The predicted molar refractivity (Wildman–Crippen MR) is 111 cm³/mol. The Kier molecular flexibility index (Phi) is 6.51. The molecule has 2 aromatic carbocycles. The summed E-state index contributed by atoms with van der Waals surface area (Å²) in [6.07, 6.45) is 0. The summed E-state index contributed by atoms with van der Waals surface area (Å²) in [5.74, 6) is 0.0278. The second-order valence-electron chi connectivity index (χ2n) is 6.93. The monoisotopic (exact) mass is 391 g/mol.